The van der Waals surface area contributed by atoms with Gasteiger partial charge in [-0.3, -0.25) is 4.79 Å². The Balaban J connectivity index is 2.45. The maximum absolute atomic E-state index is 13.2. The summed E-state index contributed by atoms with van der Waals surface area (Å²) in [4.78, 5) is 12.3. The maximum Gasteiger partial charge on any atom is 0.193 e. The first kappa shape index (κ1) is 13.2. The normalized spacial score (nSPS) is 10.4. The van der Waals surface area contributed by atoms with Crippen molar-refractivity contribution in [2.75, 3.05) is 0 Å². The summed E-state index contributed by atoms with van der Waals surface area (Å²) in [6.07, 6.45) is 0. The van der Waals surface area contributed by atoms with Gasteiger partial charge in [0.15, 0.2) is 5.78 Å². The number of benzene rings is 2. The first-order valence-electron chi connectivity index (χ1n) is 5.26. The van der Waals surface area contributed by atoms with E-state index in [0.29, 0.717) is 21.5 Å². The number of hydrogen-bond donors (Lipinski definition) is 0. The summed E-state index contributed by atoms with van der Waals surface area (Å²) < 4.78 is 13.2. The van der Waals surface area contributed by atoms with Crippen molar-refractivity contribution >= 4 is 33.3 Å². The summed E-state index contributed by atoms with van der Waals surface area (Å²) >= 11 is 9.06. The Kier molecular flexibility index (Phi) is 4.15. The van der Waals surface area contributed by atoms with Gasteiger partial charge < -0.3 is 0 Å². The van der Waals surface area contributed by atoms with Crippen LogP contribution in [-0.2, 0) is 5.33 Å². The van der Waals surface area contributed by atoms with E-state index in [1.54, 1.807) is 30.3 Å². The summed E-state index contributed by atoms with van der Waals surface area (Å²) in [5.41, 5.74) is 1.62. The molecule has 0 saturated heterocycles. The number of carbonyl (C=O) groups is 1. The van der Waals surface area contributed by atoms with Crippen LogP contribution in [0.15, 0.2) is 42.5 Å². The van der Waals surface area contributed by atoms with Gasteiger partial charge in [0.25, 0.3) is 0 Å². The number of hydrogen-bond acceptors (Lipinski definition) is 1. The minimum atomic E-state index is -0.419. The molecule has 0 aromatic heterocycles. The smallest absolute Gasteiger partial charge is 0.193 e. The summed E-state index contributed by atoms with van der Waals surface area (Å²) in [6, 6.07) is 10.8. The Labute approximate surface area is 118 Å². The Morgan fingerprint density at radius 2 is 1.83 bits per heavy atom. The van der Waals surface area contributed by atoms with Crippen molar-refractivity contribution < 1.29 is 9.18 Å². The summed E-state index contributed by atoms with van der Waals surface area (Å²) in [5.74, 6) is -0.627. The van der Waals surface area contributed by atoms with E-state index in [-0.39, 0.29) is 5.78 Å². The van der Waals surface area contributed by atoms with E-state index in [9.17, 15) is 9.18 Å². The van der Waals surface area contributed by atoms with Crippen molar-refractivity contribution in [2.24, 2.45) is 0 Å². The molecule has 0 bridgehead atoms. The first-order chi connectivity index (χ1) is 8.61. The molecule has 0 radical (unpaired) electrons. The molecule has 2 aromatic rings. The lowest BCUT2D eigenvalue weighted by atomic mass is 9.99. The van der Waals surface area contributed by atoms with Crippen LogP contribution in [0.25, 0.3) is 0 Å². The van der Waals surface area contributed by atoms with Gasteiger partial charge in [-0.2, -0.15) is 0 Å². The first-order valence-corrected chi connectivity index (χ1v) is 6.76. The van der Waals surface area contributed by atoms with Gasteiger partial charge in [0.1, 0.15) is 5.82 Å². The van der Waals surface area contributed by atoms with Crippen LogP contribution in [0.5, 0.6) is 0 Å². The molecule has 0 fully saturated rings. The van der Waals surface area contributed by atoms with E-state index in [2.05, 4.69) is 15.9 Å². The van der Waals surface area contributed by atoms with Crippen LogP contribution in [0.2, 0.25) is 5.02 Å². The van der Waals surface area contributed by atoms with Crippen molar-refractivity contribution in [1.82, 2.24) is 0 Å². The average molecular weight is 328 g/mol. The van der Waals surface area contributed by atoms with Gasteiger partial charge in [0.05, 0.1) is 0 Å². The van der Waals surface area contributed by atoms with Gasteiger partial charge >= 0.3 is 0 Å². The molecule has 0 saturated carbocycles. The summed E-state index contributed by atoms with van der Waals surface area (Å²) in [6.45, 7) is 0. The van der Waals surface area contributed by atoms with Crippen LogP contribution < -0.4 is 0 Å². The van der Waals surface area contributed by atoms with E-state index in [1.165, 1.54) is 12.1 Å². The van der Waals surface area contributed by atoms with Crippen molar-refractivity contribution in [1.29, 1.82) is 0 Å². The lowest BCUT2D eigenvalue weighted by Crippen LogP contribution is -2.05. The third-order valence-corrected chi connectivity index (χ3v) is 3.42. The molecule has 0 aliphatic heterocycles. The van der Waals surface area contributed by atoms with Crippen molar-refractivity contribution in [2.45, 2.75) is 5.33 Å². The fraction of sp³-hybridized carbons (Fsp3) is 0.0714. The molecule has 0 amide bonds. The zero-order valence-corrected chi connectivity index (χ0v) is 11.6. The fourth-order valence-electron chi connectivity index (χ4n) is 1.63. The average Bonchev–Trinajstić information content (AvgIpc) is 2.39. The van der Waals surface area contributed by atoms with Gasteiger partial charge in [-0.05, 0) is 42.0 Å². The molecule has 0 spiro atoms. The lowest BCUT2D eigenvalue weighted by molar-refractivity contribution is 0.103. The van der Waals surface area contributed by atoms with E-state index in [1.807, 2.05) is 0 Å². The van der Waals surface area contributed by atoms with Gasteiger partial charge in [0.2, 0.25) is 0 Å². The number of halogens is 3. The highest BCUT2D eigenvalue weighted by molar-refractivity contribution is 9.08. The van der Waals surface area contributed by atoms with Crippen molar-refractivity contribution in [3.63, 3.8) is 0 Å². The van der Waals surface area contributed by atoms with E-state index in [0.717, 1.165) is 5.56 Å². The van der Waals surface area contributed by atoms with Crippen molar-refractivity contribution in [3.8, 4) is 0 Å². The molecule has 0 heterocycles. The van der Waals surface area contributed by atoms with E-state index >= 15 is 0 Å². The minimum absolute atomic E-state index is 0.208. The molecule has 2 aromatic carbocycles. The fourth-order valence-corrected chi connectivity index (χ4v) is 2.25. The molecule has 0 unspecified atom stereocenters. The molecule has 0 N–H and O–H groups in total. The van der Waals surface area contributed by atoms with Crippen LogP contribution >= 0.6 is 27.5 Å². The van der Waals surface area contributed by atoms with Gasteiger partial charge in [-0.15, -0.1) is 0 Å². The Bertz CT molecular complexity index is 581. The third-order valence-electron chi connectivity index (χ3n) is 2.57. The Hall–Kier alpha value is -1.19. The third kappa shape index (κ3) is 2.79. The van der Waals surface area contributed by atoms with Crippen LogP contribution in [-0.4, -0.2) is 5.78 Å². The van der Waals surface area contributed by atoms with Crippen molar-refractivity contribution in [3.05, 3.63) is 70.0 Å². The molecular weight excluding hydrogens is 319 g/mol. The molecule has 1 nitrogen and oxygen atoms in total. The molecular formula is C14H9BrClFO. The number of carbonyl (C=O) groups excluding carboxylic acids is 1. The quantitative estimate of drug-likeness (QED) is 0.594. The van der Waals surface area contributed by atoms with E-state index < -0.39 is 5.82 Å². The Morgan fingerprint density at radius 1 is 1.17 bits per heavy atom. The van der Waals surface area contributed by atoms with Gasteiger partial charge in [-0.1, -0.05) is 33.6 Å². The van der Waals surface area contributed by atoms with Gasteiger partial charge in [-0.25, -0.2) is 4.39 Å². The highest BCUT2D eigenvalue weighted by atomic mass is 79.9. The van der Waals surface area contributed by atoms with E-state index in [4.69, 9.17) is 11.6 Å². The predicted molar refractivity (Wildman–Crippen MR) is 73.9 cm³/mol. The topological polar surface area (TPSA) is 17.1 Å². The highest BCUT2D eigenvalue weighted by Crippen LogP contribution is 2.19. The number of alkyl halides is 1. The monoisotopic (exact) mass is 326 g/mol. The second-order valence-corrected chi connectivity index (χ2v) is 4.77. The summed E-state index contributed by atoms with van der Waals surface area (Å²) in [7, 11) is 0. The zero-order valence-electron chi connectivity index (χ0n) is 9.29. The van der Waals surface area contributed by atoms with Crippen LogP contribution in [0.4, 0.5) is 4.39 Å². The molecule has 4 heteroatoms. The largest absolute Gasteiger partial charge is 0.289 e. The molecule has 92 valence electrons. The molecule has 2 rings (SSSR count). The molecule has 0 aliphatic rings. The highest BCUT2D eigenvalue weighted by Gasteiger charge is 2.14. The molecule has 0 atom stereocenters. The SMILES string of the molecule is O=C(c1ccc(Cl)cc1)c1cc(F)ccc1CBr. The molecule has 18 heavy (non-hydrogen) atoms. The second kappa shape index (κ2) is 5.63. The zero-order chi connectivity index (χ0) is 13.1. The Morgan fingerprint density at radius 3 is 2.44 bits per heavy atom. The van der Waals surface area contributed by atoms with Crippen LogP contribution in [0.3, 0.4) is 0 Å². The maximum atomic E-state index is 13.2. The predicted octanol–water partition coefficient (Wildman–Crippen LogP) is 4.61. The number of ketones is 1. The second-order valence-electron chi connectivity index (χ2n) is 3.77. The minimum Gasteiger partial charge on any atom is -0.289 e. The van der Waals surface area contributed by atoms with Crippen LogP contribution in [0.1, 0.15) is 21.5 Å². The van der Waals surface area contributed by atoms with Gasteiger partial charge in [0, 0.05) is 21.5 Å². The van der Waals surface area contributed by atoms with Crippen LogP contribution in [0, 0.1) is 5.82 Å². The standard InChI is InChI=1S/C14H9BrClFO/c15-8-10-3-6-12(17)7-13(10)14(18)9-1-4-11(16)5-2-9/h1-7H,8H2. The lowest BCUT2D eigenvalue weighted by Gasteiger charge is -2.06. The number of rotatable bonds is 3. The molecule has 0 aliphatic carbocycles. The summed E-state index contributed by atoms with van der Waals surface area (Å²) in [5, 5.41) is 1.06.